The summed E-state index contributed by atoms with van der Waals surface area (Å²) in [7, 11) is 0. The molecular formula is C26H26Cl2N4O4. The summed E-state index contributed by atoms with van der Waals surface area (Å²) in [5.74, 6) is -0.213. The summed E-state index contributed by atoms with van der Waals surface area (Å²) in [6, 6.07) is 12.4. The van der Waals surface area contributed by atoms with E-state index < -0.39 is 18.1 Å². The molecule has 0 bridgehead atoms. The molecule has 4 rings (SSSR count). The van der Waals surface area contributed by atoms with Gasteiger partial charge in [0.2, 0.25) is 11.8 Å². The fourth-order valence-corrected chi connectivity index (χ4v) is 4.01. The van der Waals surface area contributed by atoms with E-state index in [1.807, 2.05) is 6.92 Å². The molecule has 0 spiro atoms. The van der Waals surface area contributed by atoms with Crippen molar-refractivity contribution >= 4 is 52.6 Å². The highest BCUT2D eigenvalue weighted by atomic mass is 35.5. The van der Waals surface area contributed by atoms with Gasteiger partial charge in [0.15, 0.2) is 12.1 Å². The topological polar surface area (TPSA) is 102 Å². The number of halogens is 2. The van der Waals surface area contributed by atoms with Crippen LogP contribution in [0.15, 0.2) is 63.5 Å². The Hall–Kier alpha value is -3.07. The van der Waals surface area contributed by atoms with Gasteiger partial charge in [0, 0.05) is 39.5 Å². The Kier molecular flexibility index (Phi) is 8.51. The number of unbranched alkanes of at least 4 members (excludes halogenated alkanes) is 1. The Morgan fingerprint density at radius 3 is 2.08 bits per heavy atom. The van der Waals surface area contributed by atoms with Crippen molar-refractivity contribution in [3.8, 4) is 0 Å². The highest BCUT2D eigenvalue weighted by Crippen LogP contribution is 2.19. The maximum absolute atomic E-state index is 12.3. The van der Waals surface area contributed by atoms with Crippen LogP contribution in [-0.4, -0.2) is 60.7 Å². The Morgan fingerprint density at radius 2 is 1.47 bits per heavy atom. The average molecular weight is 529 g/mol. The number of cyclic esters (lactones) is 2. The zero-order valence-corrected chi connectivity index (χ0v) is 21.4. The maximum atomic E-state index is 12.3. The first kappa shape index (κ1) is 26.0. The van der Waals surface area contributed by atoms with Crippen molar-refractivity contribution in [3.05, 3.63) is 69.7 Å². The molecule has 0 radical (unpaired) electrons. The van der Waals surface area contributed by atoms with E-state index in [9.17, 15) is 9.59 Å². The largest absolute Gasteiger partial charge is 0.406 e. The lowest BCUT2D eigenvalue weighted by Crippen LogP contribution is -2.40. The predicted octanol–water partition coefficient (Wildman–Crippen LogP) is 4.26. The van der Waals surface area contributed by atoms with E-state index in [1.54, 1.807) is 55.5 Å². The second kappa shape index (κ2) is 11.8. The van der Waals surface area contributed by atoms with E-state index in [0.29, 0.717) is 45.9 Å². The molecule has 0 fully saturated rings. The van der Waals surface area contributed by atoms with Crippen LogP contribution in [0.3, 0.4) is 0 Å². The molecule has 0 saturated carbocycles. The summed E-state index contributed by atoms with van der Waals surface area (Å²) in [5, 5.41) is 4.53. The molecule has 188 valence electrons. The minimum Gasteiger partial charge on any atom is -0.406 e. The Morgan fingerprint density at radius 1 is 0.917 bits per heavy atom. The van der Waals surface area contributed by atoms with Crippen LogP contribution < -0.4 is 5.32 Å². The van der Waals surface area contributed by atoms with Crippen LogP contribution in [0, 0.1) is 0 Å². The van der Waals surface area contributed by atoms with Crippen LogP contribution in [-0.2, 0) is 19.1 Å². The number of rotatable bonds is 10. The van der Waals surface area contributed by atoms with Crippen molar-refractivity contribution in [2.24, 2.45) is 15.0 Å². The van der Waals surface area contributed by atoms with Gasteiger partial charge in [-0.1, -0.05) is 23.2 Å². The standard InChI is InChI=1S/C26H26Cl2N4O4/c1-15(21-25(33)35-23(31-21)17-5-9-19(27)10-6-17)29-13-3-4-14-30-16(2)22-26(34)36-24(32-22)18-7-11-20(28)12-8-18/h5-12,15,21-22,29H,3-4,13-14H2,1-2H3/t15-,21-,22?/m1/s1. The number of carbonyl (C=O) groups is 2. The zero-order chi connectivity index (χ0) is 25.7. The number of hydrogen-bond acceptors (Lipinski definition) is 8. The molecule has 1 N–H and O–H groups in total. The molecule has 0 amide bonds. The van der Waals surface area contributed by atoms with Crippen molar-refractivity contribution < 1.29 is 19.1 Å². The summed E-state index contributed by atoms with van der Waals surface area (Å²) in [5.41, 5.74) is 2.02. The van der Waals surface area contributed by atoms with Crippen LogP contribution in [0.1, 0.15) is 37.8 Å². The molecule has 2 aliphatic heterocycles. The third kappa shape index (κ3) is 6.37. The van der Waals surface area contributed by atoms with Crippen molar-refractivity contribution in [1.29, 1.82) is 0 Å². The first-order valence-electron chi connectivity index (χ1n) is 11.7. The molecule has 2 aromatic carbocycles. The third-order valence-corrected chi connectivity index (χ3v) is 6.33. The maximum Gasteiger partial charge on any atom is 0.343 e. The lowest BCUT2D eigenvalue weighted by molar-refractivity contribution is -0.135. The van der Waals surface area contributed by atoms with Crippen LogP contribution in [0.25, 0.3) is 0 Å². The lowest BCUT2D eigenvalue weighted by Gasteiger charge is -2.15. The molecule has 0 saturated heterocycles. The highest BCUT2D eigenvalue weighted by Gasteiger charge is 2.34. The molecule has 10 heteroatoms. The number of esters is 2. The van der Waals surface area contributed by atoms with Gasteiger partial charge in [-0.2, -0.15) is 0 Å². The minimum absolute atomic E-state index is 0.179. The van der Waals surface area contributed by atoms with E-state index in [1.165, 1.54) is 0 Å². The number of ether oxygens (including phenoxy) is 2. The summed E-state index contributed by atoms with van der Waals surface area (Å²) < 4.78 is 10.7. The summed E-state index contributed by atoms with van der Waals surface area (Å²) in [4.78, 5) is 37.9. The fraction of sp³-hybridized carbons (Fsp3) is 0.346. The second-order valence-electron chi connectivity index (χ2n) is 8.54. The normalized spacial score (nSPS) is 20.6. The molecule has 3 atom stereocenters. The van der Waals surface area contributed by atoms with Crippen molar-refractivity contribution in [2.45, 2.75) is 44.8 Å². The van der Waals surface area contributed by atoms with Gasteiger partial charge < -0.3 is 14.8 Å². The van der Waals surface area contributed by atoms with Gasteiger partial charge in [-0.25, -0.2) is 19.6 Å². The minimum atomic E-state index is -0.727. The number of hydrogen-bond donors (Lipinski definition) is 1. The van der Waals surface area contributed by atoms with Gasteiger partial charge in [-0.05, 0) is 81.8 Å². The quantitative estimate of drug-likeness (QED) is 0.282. The highest BCUT2D eigenvalue weighted by molar-refractivity contribution is 6.31. The Bertz CT molecular complexity index is 1210. The lowest BCUT2D eigenvalue weighted by atomic mass is 10.1. The average Bonchev–Trinajstić information content (AvgIpc) is 3.44. The van der Waals surface area contributed by atoms with E-state index in [-0.39, 0.29) is 17.9 Å². The first-order valence-corrected chi connectivity index (χ1v) is 12.4. The molecular weight excluding hydrogens is 503 g/mol. The molecule has 0 aliphatic carbocycles. The SMILES string of the molecule is CC(=NCCCCN[C@H](C)[C@H]1N=C(c2ccc(Cl)cc2)OC1=O)C1N=C(c2ccc(Cl)cc2)OC1=O. The van der Waals surface area contributed by atoms with Gasteiger partial charge in [0.1, 0.15) is 0 Å². The van der Waals surface area contributed by atoms with E-state index >= 15 is 0 Å². The summed E-state index contributed by atoms with van der Waals surface area (Å²) in [6.07, 6.45) is 1.64. The molecule has 8 nitrogen and oxygen atoms in total. The number of aliphatic imine (C=N–C) groups is 3. The van der Waals surface area contributed by atoms with Crippen LogP contribution in [0.2, 0.25) is 10.0 Å². The monoisotopic (exact) mass is 528 g/mol. The molecule has 0 aromatic heterocycles. The van der Waals surface area contributed by atoms with Crippen molar-refractivity contribution in [2.75, 3.05) is 13.1 Å². The number of benzene rings is 2. The van der Waals surface area contributed by atoms with Crippen molar-refractivity contribution in [1.82, 2.24) is 5.32 Å². The molecule has 2 heterocycles. The van der Waals surface area contributed by atoms with Gasteiger partial charge in [-0.15, -0.1) is 0 Å². The van der Waals surface area contributed by atoms with Crippen molar-refractivity contribution in [3.63, 3.8) is 0 Å². The number of nitrogens with zero attached hydrogens (tertiary/aromatic N) is 3. The van der Waals surface area contributed by atoms with Gasteiger partial charge in [-0.3, -0.25) is 4.99 Å². The predicted molar refractivity (Wildman–Crippen MR) is 140 cm³/mol. The Balaban J connectivity index is 1.21. The smallest absolute Gasteiger partial charge is 0.343 e. The number of carbonyl (C=O) groups excluding carboxylic acids is 2. The molecule has 1 unspecified atom stereocenters. The fourth-order valence-electron chi connectivity index (χ4n) is 3.76. The zero-order valence-electron chi connectivity index (χ0n) is 19.9. The van der Waals surface area contributed by atoms with Crippen LogP contribution in [0.4, 0.5) is 0 Å². The number of nitrogens with one attached hydrogen (secondary N) is 1. The van der Waals surface area contributed by atoms with Gasteiger partial charge in [0.25, 0.3) is 0 Å². The van der Waals surface area contributed by atoms with E-state index in [2.05, 4.69) is 20.3 Å². The van der Waals surface area contributed by atoms with Crippen LogP contribution >= 0.6 is 23.2 Å². The second-order valence-corrected chi connectivity index (χ2v) is 9.42. The molecule has 2 aliphatic rings. The van der Waals surface area contributed by atoms with Gasteiger partial charge in [0.05, 0.1) is 0 Å². The van der Waals surface area contributed by atoms with E-state index in [0.717, 1.165) is 12.8 Å². The van der Waals surface area contributed by atoms with E-state index in [4.69, 9.17) is 32.7 Å². The first-order chi connectivity index (χ1) is 17.3. The van der Waals surface area contributed by atoms with Crippen LogP contribution in [0.5, 0.6) is 0 Å². The Labute approximate surface area is 219 Å². The van der Waals surface area contributed by atoms with Gasteiger partial charge >= 0.3 is 11.9 Å². The summed E-state index contributed by atoms with van der Waals surface area (Å²) >= 11 is 11.8. The third-order valence-electron chi connectivity index (χ3n) is 5.83. The molecule has 2 aromatic rings. The summed E-state index contributed by atoms with van der Waals surface area (Å²) in [6.45, 7) is 4.94. The molecule has 36 heavy (non-hydrogen) atoms.